The van der Waals surface area contributed by atoms with Crippen LogP contribution in [0.1, 0.15) is 21.5 Å². The summed E-state index contributed by atoms with van der Waals surface area (Å²) in [5, 5.41) is 0. The Morgan fingerprint density at radius 2 is 2.00 bits per heavy atom. The quantitative estimate of drug-likeness (QED) is 0.564. The molecule has 1 aromatic rings. The van der Waals surface area contributed by atoms with Crippen molar-refractivity contribution in [1.82, 2.24) is 0 Å². The number of carbonyl (C=O) groups excluding carboxylic acids is 1. The average Bonchev–Trinajstić information content (AvgIpc) is 1.99. The lowest BCUT2D eigenvalue weighted by Gasteiger charge is -2.01. The Morgan fingerprint density at radius 1 is 1.36 bits per heavy atom. The molecule has 0 bridgehead atoms. The molecule has 0 N–H and O–H groups in total. The molecule has 0 aliphatic rings. The zero-order chi connectivity index (χ0) is 8.43. The van der Waals surface area contributed by atoms with Crippen LogP contribution in [-0.4, -0.2) is 6.29 Å². The van der Waals surface area contributed by atoms with E-state index in [1.807, 2.05) is 0 Å². The van der Waals surface area contributed by atoms with Crippen LogP contribution in [0.2, 0.25) is 0 Å². The molecule has 0 saturated carbocycles. The summed E-state index contributed by atoms with van der Waals surface area (Å²) in [6.07, 6.45) is 0.648. The second-order valence-electron chi connectivity index (χ2n) is 2.56. The number of aldehydes is 1. The van der Waals surface area contributed by atoms with Crippen molar-refractivity contribution in [2.45, 2.75) is 13.8 Å². The van der Waals surface area contributed by atoms with Crippen molar-refractivity contribution < 1.29 is 9.18 Å². The third-order valence-electron chi connectivity index (χ3n) is 1.76. The van der Waals surface area contributed by atoms with Crippen LogP contribution in [0.3, 0.4) is 0 Å². The number of halogens is 1. The maximum Gasteiger partial charge on any atom is 0.150 e. The van der Waals surface area contributed by atoms with Crippen LogP contribution in [-0.2, 0) is 0 Å². The van der Waals surface area contributed by atoms with Crippen molar-refractivity contribution >= 4 is 6.29 Å². The topological polar surface area (TPSA) is 17.1 Å². The van der Waals surface area contributed by atoms with Gasteiger partial charge in [-0.3, -0.25) is 4.79 Å². The first-order chi connectivity index (χ1) is 5.15. The number of aryl methyl sites for hydroxylation is 1. The summed E-state index contributed by atoms with van der Waals surface area (Å²) in [4.78, 5) is 10.3. The first-order valence-electron chi connectivity index (χ1n) is 3.37. The van der Waals surface area contributed by atoms with Gasteiger partial charge in [-0.1, -0.05) is 0 Å². The lowest BCUT2D eigenvalue weighted by molar-refractivity contribution is 0.112. The first kappa shape index (κ1) is 7.92. The van der Waals surface area contributed by atoms with Gasteiger partial charge in [-0.15, -0.1) is 0 Å². The minimum atomic E-state index is -0.313. The molecule has 0 atom stereocenters. The summed E-state index contributed by atoms with van der Waals surface area (Å²) in [7, 11) is 0. The van der Waals surface area contributed by atoms with Crippen molar-refractivity contribution in [2.75, 3.05) is 0 Å². The Labute approximate surface area is 64.9 Å². The SMILES string of the molecule is Cc1cc(C=O)cc(F)c1C. The van der Waals surface area contributed by atoms with Gasteiger partial charge in [0.05, 0.1) is 0 Å². The zero-order valence-electron chi connectivity index (χ0n) is 6.52. The van der Waals surface area contributed by atoms with Gasteiger partial charge < -0.3 is 0 Å². The fourth-order valence-electron chi connectivity index (χ4n) is 0.911. The van der Waals surface area contributed by atoms with E-state index in [1.165, 1.54) is 6.07 Å². The van der Waals surface area contributed by atoms with Gasteiger partial charge in [0.1, 0.15) is 12.1 Å². The summed E-state index contributed by atoms with van der Waals surface area (Å²) >= 11 is 0. The highest BCUT2D eigenvalue weighted by Gasteiger charge is 2.01. The number of carbonyl (C=O) groups is 1. The van der Waals surface area contributed by atoms with Gasteiger partial charge in [0.2, 0.25) is 0 Å². The van der Waals surface area contributed by atoms with Crippen LogP contribution in [0.5, 0.6) is 0 Å². The molecule has 11 heavy (non-hydrogen) atoms. The van der Waals surface area contributed by atoms with Crippen LogP contribution in [0, 0.1) is 19.7 Å². The summed E-state index contributed by atoms with van der Waals surface area (Å²) in [5.41, 5.74) is 1.81. The first-order valence-corrected chi connectivity index (χ1v) is 3.37. The van der Waals surface area contributed by atoms with Crippen molar-refractivity contribution in [3.63, 3.8) is 0 Å². The molecule has 0 aliphatic carbocycles. The Kier molecular flexibility index (Phi) is 2.03. The molecule has 1 aromatic carbocycles. The molecule has 1 nitrogen and oxygen atoms in total. The normalized spacial score (nSPS) is 9.73. The summed E-state index contributed by atoms with van der Waals surface area (Å²) in [6, 6.07) is 2.92. The van der Waals surface area contributed by atoms with Gasteiger partial charge in [-0.05, 0) is 37.1 Å². The lowest BCUT2D eigenvalue weighted by atomic mass is 10.1. The molecule has 1 rings (SSSR count). The highest BCUT2D eigenvalue weighted by molar-refractivity contribution is 5.75. The van der Waals surface area contributed by atoms with Gasteiger partial charge >= 0.3 is 0 Å². The van der Waals surface area contributed by atoms with E-state index in [-0.39, 0.29) is 5.82 Å². The Morgan fingerprint density at radius 3 is 2.45 bits per heavy atom. The van der Waals surface area contributed by atoms with Gasteiger partial charge in [0.25, 0.3) is 0 Å². The van der Waals surface area contributed by atoms with Gasteiger partial charge in [0, 0.05) is 5.56 Å². The van der Waals surface area contributed by atoms with E-state index in [0.717, 1.165) is 5.56 Å². The van der Waals surface area contributed by atoms with Crippen molar-refractivity contribution in [1.29, 1.82) is 0 Å². The van der Waals surface area contributed by atoms with E-state index < -0.39 is 0 Å². The predicted molar refractivity (Wildman–Crippen MR) is 41.3 cm³/mol. The fraction of sp³-hybridized carbons (Fsp3) is 0.222. The van der Waals surface area contributed by atoms with Crippen LogP contribution in [0.25, 0.3) is 0 Å². The lowest BCUT2D eigenvalue weighted by Crippen LogP contribution is -1.90. The minimum absolute atomic E-state index is 0.313. The van der Waals surface area contributed by atoms with Gasteiger partial charge in [0.15, 0.2) is 0 Å². The standard InChI is InChI=1S/C9H9FO/c1-6-3-8(5-11)4-9(10)7(6)2/h3-5H,1-2H3. The molecular weight excluding hydrogens is 143 g/mol. The Bertz CT molecular complexity index is 269. The number of hydrogen-bond donors (Lipinski definition) is 0. The molecule has 0 heterocycles. The number of rotatable bonds is 1. The maximum absolute atomic E-state index is 12.9. The average molecular weight is 152 g/mol. The summed E-state index contributed by atoms with van der Waals surface area (Å²) < 4.78 is 12.9. The van der Waals surface area contributed by atoms with Gasteiger partial charge in [-0.2, -0.15) is 0 Å². The van der Waals surface area contributed by atoms with E-state index in [1.54, 1.807) is 19.9 Å². The largest absolute Gasteiger partial charge is 0.298 e. The molecule has 0 amide bonds. The molecule has 0 aromatic heterocycles. The van der Waals surface area contributed by atoms with Gasteiger partial charge in [-0.25, -0.2) is 4.39 Å². The molecular formula is C9H9FO. The van der Waals surface area contributed by atoms with Crippen LogP contribution in [0.15, 0.2) is 12.1 Å². The van der Waals surface area contributed by atoms with Crippen LogP contribution in [0.4, 0.5) is 4.39 Å². The van der Waals surface area contributed by atoms with E-state index >= 15 is 0 Å². The van der Waals surface area contributed by atoms with E-state index in [2.05, 4.69) is 0 Å². The molecule has 0 unspecified atom stereocenters. The molecule has 0 aliphatic heterocycles. The summed E-state index contributed by atoms with van der Waals surface area (Å²) in [6.45, 7) is 3.48. The molecule has 0 saturated heterocycles. The smallest absolute Gasteiger partial charge is 0.150 e. The Balaban J connectivity index is 3.31. The second-order valence-corrected chi connectivity index (χ2v) is 2.56. The van der Waals surface area contributed by atoms with E-state index in [4.69, 9.17) is 0 Å². The third kappa shape index (κ3) is 1.45. The highest BCUT2D eigenvalue weighted by Crippen LogP contribution is 2.12. The number of hydrogen-bond acceptors (Lipinski definition) is 1. The van der Waals surface area contributed by atoms with Crippen LogP contribution < -0.4 is 0 Å². The second kappa shape index (κ2) is 2.82. The number of benzene rings is 1. The highest BCUT2D eigenvalue weighted by atomic mass is 19.1. The molecule has 0 spiro atoms. The predicted octanol–water partition coefficient (Wildman–Crippen LogP) is 2.26. The molecule has 0 radical (unpaired) electrons. The minimum Gasteiger partial charge on any atom is -0.298 e. The Hall–Kier alpha value is -1.18. The maximum atomic E-state index is 12.9. The third-order valence-corrected chi connectivity index (χ3v) is 1.76. The van der Waals surface area contributed by atoms with E-state index in [9.17, 15) is 9.18 Å². The van der Waals surface area contributed by atoms with Crippen molar-refractivity contribution in [3.8, 4) is 0 Å². The molecule has 0 fully saturated rings. The summed E-state index contributed by atoms with van der Waals surface area (Å²) in [5.74, 6) is -0.313. The van der Waals surface area contributed by atoms with Crippen molar-refractivity contribution in [2.24, 2.45) is 0 Å². The zero-order valence-corrected chi connectivity index (χ0v) is 6.52. The molecule has 2 heteroatoms. The van der Waals surface area contributed by atoms with Crippen molar-refractivity contribution in [3.05, 3.63) is 34.6 Å². The molecule has 58 valence electrons. The fourth-order valence-corrected chi connectivity index (χ4v) is 0.911. The monoisotopic (exact) mass is 152 g/mol. The van der Waals surface area contributed by atoms with E-state index in [0.29, 0.717) is 17.4 Å². The van der Waals surface area contributed by atoms with Crippen LogP contribution >= 0.6 is 0 Å².